The fourth-order valence-corrected chi connectivity index (χ4v) is 3.65. The third kappa shape index (κ3) is 4.64. The molecule has 0 aliphatic rings. The number of benzene rings is 1. The van der Waals surface area contributed by atoms with Crippen LogP contribution in [0, 0.1) is 0 Å². The summed E-state index contributed by atoms with van der Waals surface area (Å²) in [6.07, 6.45) is 3.37. The van der Waals surface area contributed by atoms with E-state index in [-0.39, 0.29) is 22.9 Å². The molecule has 0 aliphatic carbocycles. The number of sulfonamides is 1. The molecule has 2 aromatic rings. The van der Waals surface area contributed by atoms with Crippen LogP contribution in [0.4, 0.5) is 0 Å². The van der Waals surface area contributed by atoms with E-state index in [9.17, 15) is 13.2 Å². The molecule has 1 aromatic heterocycles. The molecule has 1 amide bonds. The first-order chi connectivity index (χ1) is 11.7. The topological polar surface area (TPSA) is 79.4 Å². The molecule has 2 rings (SSSR count). The summed E-state index contributed by atoms with van der Waals surface area (Å²) in [5.74, 6) is -0.176. The summed E-state index contributed by atoms with van der Waals surface area (Å²) >= 11 is 0. The SMILES string of the molecule is CC(C)NS(=O)(=O)c1ccc(C(=O)N(C)C(C)c2ccncc2)cc1. The largest absolute Gasteiger partial charge is 0.335 e. The first kappa shape index (κ1) is 19.1. The van der Waals surface area contributed by atoms with Crippen molar-refractivity contribution in [3.63, 3.8) is 0 Å². The van der Waals surface area contributed by atoms with E-state index >= 15 is 0 Å². The molecule has 1 aromatic carbocycles. The normalized spacial score (nSPS) is 12.8. The molecule has 1 unspecified atom stereocenters. The average Bonchev–Trinajstić information content (AvgIpc) is 2.59. The minimum Gasteiger partial charge on any atom is -0.335 e. The number of hydrogen-bond acceptors (Lipinski definition) is 4. The van der Waals surface area contributed by atoms with Crippen molar-refractivity contribution in [3.05, 3.63) is 59.9 Å². The van der Waals surface area contributed by atoms with Crippen LogP contribution in [0.1, 0.15) is 42.7 Å². The predicted octanol–water partition coefficient (Wildman–Crippen LogP) is 2.60. The maximum absolute atomic E-state index is 12.6. The summed E-state index contributed by atoms with van der Waals surface area (Å²) in [4.78, 5) is 18.4. The molecule has 6 nitrogen and oxygen atoms in total. The third-order valence-electron chi connectivity index (χ3n) is 3.89. The molecule has 0 fully saturated rings. The van der Waals surface area contributed by atoms with E-state index in [0.29, 0.717) is 5.56 Å². The van der Waals surface area contributed by atoms with Crippen molar-refractivity contribution in [1.29, 1.82) is 0 Å². The molecule has 0 aliphatic heterocycles. The van der Waals surface area contributed by atoms with Crippen molar-refractivity contribution in [2.45, 2.75) is 37.8 Å². The zero-order valence-electron chi connectivity index (χ0n) is 14.8. The van der Waals surface area contributed by atoms with Crippen molar-refractivity contribution in [2.24, 2.45) is 0 Å². The second kappa shape index (κ2) is 7.76. The minimum absolute atomic E-state index is 0.124. The van der Waals surface area contributed by atoms with E-state index in [1.165, 1.54) is 24.3 Å². The van der Waals surface area contributed by atoms with Gasteiger partial charge in [-0.1, -0.05) is 0 Å². The van der Waals surface area contributed by atoms with E-state index in [1.807, 2.05) is 19.1 Å². The fraction of sp³-hybridized carbons (Fsp3) is 0.333. The van der Waals surface area contributed by atoms with Crippen molar-refractivity contribution in [1.82, 2.24) is 14.6 Å². The monoisotopic (exact) mass is 361 g/mol. The summed E-state index contributed by atoms with van der Waals surface area (Å²) in [5, 5.41) is 0. The highest BCUT2D eigenvalue weighted by molar-refractivity contribution is 7.89. The number of rotatable bonds is 6. The number of aromatic nitrogens is 1. The average molecular weight is 361 g/mol. The van der Waals surface area contributed by atoms with Crippen molar-refractivity contribution < 1.29 is 13.2 Å². The highest BCUT2D eigenvalue weighted by Crippen LogP contribution is 2.20. The summed E-state index contributed by atoms with van der Waals surface area (Å²) in [7, 11) is -1.84. The third-order valence-corrected chi connectivity index (χ3v) is 5.57. The van der Waals surface area contributed by atoms with Crippen molar-refractivity contribution in [3.8, 4) is 0 Å². The number of hydrogen-bond donors (Lipinski definition) is 1. The number of amides is 1. The molecule has 0 saturated heterocycles. The van der Waals surface area contributed by atoms with E-state index in [1.54, 1.807) is 38.2 Å². The van der Waals surface area contributed by atoms with Crippen molar-refractivity contribution in [2.75, 3.05) is 7.05 Å². The van der Waals surface area contributed by atoms with E-state index in [2.05, 4.69) is 9.71 Å². The van der Waals surface area contributed by atoms with Crippen LogP contribution >= 0.6 is 0 Å². The van der Waals surface area contributed by atoms with Crippen LogP contribution < -0.4 is 4.72 Å². The predicted molar refractivity (Wildman–Crippen MR) is 96.6 cm³/mol. The van der Waals surface area contributed by atoms with Gasteiger partial charge in [0.2, 0.25) is 10.0 Å². The van der Waals surface area contributed by atoms with Gasteiger partial charge >= 0.3 is 0 Å². The molecule has 25 heavy (non-hydrogen) atoms. The van der Waals surface area contributed by atoms with Crippen LogP contribution in [0.5, 0.6) is 0 Å². The van der Waals surface area contributed by atoms with Gasteiger partial charge in [-0.05, 0) is 62.7 Å². The van der Waals surface area contributed by atoms with Crippen molar-refractivity contribution >= 4 is 15.9 Å². The molecule has 7 heteroatoms. The zero-order valence-corrected chi connectivity index (χ0v) is 15.6. The van der Waals surface area contributed by atoms with Gasteiger partial charge in [-0.15, -0.1) is 0 Å². The van der Waals surface area contributed by atoms with E-state index < -0.39 is 10.0 Å². The summed E-state index contributed by atoms with van der Waals surface area (Å²) in [6.45, 7) is 5.44. The maximum Gasteiger partial charge on any atom is 0.254 e. The number of nitrogens with zero attached hydrogens (tertiary/aromatic N) is 2. The van der Waals surface area contributed by atoms with Gasteiger partial charge in [0.15, 0.2) is 0 Å². The van der Waals surface area contributed by atoms with E-state index in [4.69, 9.17) is 0 Å². The Morgan fingerprint density at radius 2 is 1.60 bits per heavy atom. The lowest BCUT2D eigenvalue weighted by atomic mass is 10.1. The Bertz CT molecular complexity index is 818. The number of nitrogens with one attached hydrogen (secondary N) is 1. The van der Waals surface area contributed by atoms with E-state index in [0.717, 1.165) is 5.56 Å². The summed E-state index contributed by atoms with van der Waals surface area (Å²) in [5.41, 5.74) is 1.41. The molecule has 0 radical (unpaired) electrons. The lowest BCUT2D eigenvalue weighted by Crippen LogP contribution is -2.31. The smallest absolute Gasteiger partial charge is 0.254 e. The van der Waals surface area contributed by atoms with Crippen LogP contribution in [0.15, 0.2) is 53.7 Å². The van der Waals surface area contributed by atoms with Gasteiger partial charge in [-0.2, -0.15) is 0 Å². The Labute approximate surface area is 148 Å². The lowest BCUT2D eigenvalue weighted by molar-refractivity contribution is 0.0742. The molecule has 0 saturated carbocycles. The summed E-state index contributed by atoms with van der Waals surface area (Å²) < 4.78 is 26.8. The second-order valence-corrected chi connectivity index (χ2v) is 7.89. The first-order valence-corrected chi connectivity index (χ1v) is 9.50. The Morgan fingerprint density at radius 3 is 2.12 bits per heavy atom. The highest BCUT2D eigenvalue weighted by Gasteiger charge is 2.20. The molecular formula is C18H23N3O3S. The number of carbonyl (C=O) groups excluding carboxylic acids is 1. The van der Waals surface area contributed by atoms with Crippen LogP contribution in [0.2, 0.25) is 0 Å². The van der Waals surface area contributed by atoms with Gasteiger partial charge in [0, 0.05) is 31.0 Å². The first-order valence-electron chi connectivity index (χ1n) is 8.02. The van der Waals surface area contributed by atoms with Crippen LogP contribution in [0.25, 0.3) is 0 Å². The number of pyridine rings is 1. The maximum atomic E-state index is 12.6. The van der Waals surface area contributed by atoms with Crippen LogP contribution in [-0.2, 0) is 10.0 Å². The molecule has 0 bridgehead atoms. The second-order valence-electron chi connectivity index (χ2n) is 6.17. The van der Waals surface area contributed by atoms with Gasteiger partial charge in [0.05, 0.1) is 10.9 Å². The Kier molecular flexibility index (Phi) is 5.92. The summed E-state index contributed by atoms with van der Waals surface area (Å²) in [6, 6.07) is 9.37. The standard InChI is InChI=1S/C18H23N3O3S/c1-13(2)20-25(23,24)17-7-5-16(6-8-17)18(22)21(4)14(3)15-9-11-19-12-10-15/h5-14,20H,1-4H3. The molecule has 1 N–H and O–H groups in total. The Hall–Kier alpha value is -2.25. The van der Waals surface area contributed by atoms with Gasteiger partial charge in [0.25, 0.3) is 5.91 Å². The van der Waals surface area contributed by atoms with Gasteiger partial charge in [0.1, 0.15) is 0 Å². The van der Waals surface area contributed by atoms with Crippen LogP contribution in [-0.4, -0.2) is 37.3 Å². The lowest BCUT2D eigenvalue weighted by Gasteiger charge is -2.25. The van der Waals surface area contributed by atoms with Gasteiger partial charge in [-0.25, -0.2) is 13.1 Å². The zero-order chi connectivity index (χ0) is 18.6. The van der Waals surface area contributed by atoms with Crippen LogP contribution in [0.3, 0.4) is 0 Å². The molecule has 1 atom stereocenters. The molecule has 1 heterocycles. The minimum atomic E-state index is -3.56. The fourth-order valence-electron chi connectivity index (χ4n) is 2.40. The Balaban J connectivity index is 2.17. The highest BCUT2D eigenvalue weighted by atomic mass is 32.2. The van der Waals surface area contributed by atoms with Gasteiger partial charge in [-0.3, -0.25) is 9.78 Å². The molecular weight excluding hydrogens is 338 g/mol. The molecule has 134 valence electrons. The quantitative estimate of drug-likeness (QED) is 0.858. The van der Waals surface area contributed by atoms with Gasteiger partial charge < -0.3 is 4.90 Å². The Morgan fingerprint density at radius 1 is 1.04 bits per heavy atom. The number of carbonyl (C=O) groups is 1. The molecule has 0 spiro atoms.